The molecule has 1 aromatic heterocycles. The number of fused-ring (bicyclic) bond motifs is 1. The van der Waals surface area contributed by atoms with Gasteiger partial charge in [-0.1, -0.05) is 26.2 Å². The SMILES string of the molecule is C[C@H]1C[C@@H]1C(=O)N1CCCC[C@@H]1c1nc2c(c(=O)[nH]1)CN(C(=O)C1CCCCC1)CC2. The molecule has 0 unspecified atom stereocenters. The molecule has 1 aromatic rings. The van der Waals surface area contributed by atoms with Crippen LogP contribution in [0.1, 0.15) is 87.8 Å². The average Bonchev–Trinajstić information content (AvgIpc) is 3.55. The van der Waals surface area contributed by atoms with Crippen molar-refractivity contribution in [1.82, 2.24) is 19.8 Å². The van der Waals surface area contributed by atoms with Crippen molar-refractivity contribution in [3.8, 4) is 0 Å². The molecule has 0 radical (unpaired) electrons. The lowest BCUT2D eigenvalue weighted by Gasteiger charge is -2.36. The zero-order valence-corrected chi connectivity index (χ0v) is 18.6. The molecule has 0 spiro atoms. The lowest BCUT2D eigenvalue weighted by atomic mass is 9.88. The smallest absolute Gasteiger partial charge is 0.256 e. The van der Waals surface area contributed by atoms with E-state index in [1.165, 1.54) is 6.42 Å². The molecule has 2 aliphatic heterocycles. The first kappa shape index (κ1) is 20.7. The Hall–Kier alpha value is -2.18. The van der Waals surface area contributed by atoms with E-state index in [4.69, 9.17) is 4.98 Å². The molecule has 7 heteroatoms. The van der Waals surface area contributed by atoms with Gasteiger partial charge in [-0.15, -0.1) is 0 Å². The Morgan fingerprint density at radius 1 is 1.00 bits per heavy atom. The number of aromatic amines is 1. The summed E-state index contributed by atoms with van der Waals surface area (Å²) in [5.74, 6) is 1.80. The van der Waals surface area contributed by atoms with Crippen LogP contribution in [0.4, 0.5) is 0 Å². The van der Waals surface area contributed by atoms with E-state index >= 15 is 0 Å². The molecule has 1 saturated heterocycles. The topological polar surface area (TPSA) is 86.4 Å². The van der Waals surface area contributed by atoms with Gasteiger partial charge in [0, 0.05) is 31.3 Å². The van der Waals surface area contributed by atoms with Gasteiger partial charge in [0.15, 0.2) is 0 Å². The Balaban J connectivity index is 1.35. The minimum Gasteiger partial charge on any atom is -0.337 e. The number of nitrogens with zero attached hydrogens (tertiary/aromatic N) is 3. The van der Waals surface area contributed by atoms with Crippen LogP contribution in [0, 0.1) is 17.8 Å². The maximum absolute atomic E-state index is 13.0. The molecule has 7 nitrogen and oxygen atoms in total. The Morgan fingerprint density at radius 2 is 1.74 bits per heavy atom. The van der Waals surface area contributed by atoms with Crippen LogP contribution in [0.3, 0.4) is 0 Å². The fraction of sp³-hybridized carbons (Fsp3) is 0.750. The van der Waals surface area contributed by atoms with Crippen molar-refractivity contribution in [3.63, 3.8) is 0 Å². The molecule has 168 valence electrons. The second-order valence-electron chi connectivity index (χ2n) is 10.1. The largest absolute Gasteiger partial charge is 0.337 e. The number of likely N-dealkylation sites (tertiary alicyclic amines) is 1. The molecule has 2 aliphatic carbocycles. The number of carbonyl (C=O) groups excluding carboxylic acids is 2. The highest BCUT2D eigenvalue weighted by atomic mass is 16.2. The molecule has 4 aliphatic rings. The number of nitrogens with one attached hydrogen (secondary N) is 1. The fourth-order valence-corrected chi connectivity index (χ4v) is 5.76. The van der Waals surface area contributed by atoms with E-state index in [1.807, 2.05) is 9.80 Å². The van der Waals surface area contributed by atoms with Crippen LogP contribution in [0.15, 0.2) is 4.79 Å². The summed E-state index contributed by atoms with van der Waals surface area (Å²) in [6.07, 6.45) is 9.91. The van der Waals surface area contributed by atoms with Crippen molar-refractivity contribution in [2.45, 2.75) is 83.7 Å². The fourth-order valence-electron chi connectivity index (χ4n) is 5.76. The van der Waals surface area contributed by atoms with Gasteiger partial charge >= 0.3 is 0 Å². The highest BCUT2D eigenvalue weighted by Gasteiger charge is 2.44. The summed E-state index contributed by atoms with van der Waals surface area (Å²) in [7, 11) is 0. The Bertz CT molecular complexity index is 920. The standard InChI is InChI=1S/C24H34N4O3/c1-15-13-17(15)24(31)28-11-6-5-9-20(28)21-25-19-10-12-27(14-18(19)22(29)26-21)23(30)16-7-3-2-4-8-16/h15-17,20H,2-14H2,1H3,(H,25,26,29)/t15-,17-,20+/m0/s1. The molecule has 2 amide bonds. The Morgan fingerprint density at radius 3 is 2.48 bits per heavy atom. The maximum Gasteiger partial charge on any atom is 0.256 e. The van der Waals surface area contributed by atoms with Crippen LogP contribution in [0.5, 0.6) is 0 Å². The number of piperidine rings is 1. The highest BCUT2D eigenvalue weighted by molar-refractivity contribution is 5.82. The molecule has 3 fully saturated rings. The van der Waals surface area contributed by atoms with Crippen molar-refractivity contribution >= 4 is 11.8 Å². The monoisotopic (exact) mass is 426 g/mol. The van der Waals surface area contributed by atoms with Gasteiger partial charge in [0.05, 0.1) is 23.8 Å². The van der Waals surface area contributed by atoms with Crippen molar-refractivity contribution in [2.24, 2.45) is 17.8 Å². The summed E-state index contributed by atoms with van der Waals surface area (Å²) in [4.78, 5) is 50.6. The molecule has 2 saturated carbocycles. The molecule has 0 bridgehead atoms. The van der Waals surface area contributed by atoms with E-state index in [2.05, 4.69) is 11.9 Å². The maximum atomic E-state index is 13.0. The number of hydrogen-bond acceptors (Lipinski definition) is 4. The number of H-pyrrole nitrogens is 1. The van der Waals surface area contributed by atoms with Crippen molar-refractivity contribution in [1.29, 1.82) is 0 Å². The average molecular weight is 427 g/mol. The number of amides is 2. The zero-order chi connectivity index (χ0) is 21.5. The van der Waals surface area contributed by atoms with E-state index in [-0.39, 0.29) is 35.3 Å². The minimum absolute atomic E-state index is 0.119. The summed E-state index contributed by atoms with van der Waals surface area (Å²) in [5.41, 5.74) is 1.30. The van der Waals surface area contributed by atoms with Crippen LogP contribution in [-0.4, -0.2) is 44.7 Å². The molecule has 5 rings (SSSR count). The third-order valence-electron chi connectivity index (χ3n) is 7.88. The Kier molecular flexibility index (Phi) is 5.61. The minimum atomic E-state index is -0.140. The van der Waals surface area contributed by atoms with Crippen molar-refractivity contribution in [2.75, 3.05) is 13.1 Å². The predicted octanol–water partition coefficient (Wildman–Crippen LogP) is 2.94. The summed E-state index contributed by atoms with van der Waals surface area (Å²) < 4.78 is 0. The second kappa shape index (κ2) is 8.40. The lowest BCUT2D eigenvalue weighted by Crippen LogP contribution is -2.44. The molecule has 1 N–H and O–H groups in total. The van der Waals surface area contributed by atoms with Gasteiger partial charge in [0.2, 0.25) is 11.8 Å². The van der Waals surface area contributed by atoms with Crippen LogP contribution in [-0.2, 0) is 22.6 Å². The normalized spacial score (nSPS) is 28.9. The van der Waals surface area contributed by atoms with Gasteiger partial charge in [-0.25, -0.2) is 4.98 Å². The van der Waals surface area contributed by atoms with Crippen LogP contribution >= 0.6 is 0 Å². The van der Waals surface area contributed by atoms with Gasteiger partial charge < -0.3 is 14.8 Å². The summed E-state index contributed by atoms with van der Waals surface area (Å²) in [6, 6.07) is -0.131. The summed E-state index contributed by atoms with van der Waals surface area (Å²) in [5, 5.41) is 0. The third-order valence-corrected chi connectivity index (χ3v) is 7.88. The molecule has 3 heterocycles. The van der Waals surface area contributed by atoms with Crippen molar-refractivity contribution in [3.05, 3.63) is 27.4 Å². The van der Waals surface area contributed by atoms with E-state index in [1.54, 1.807) is 0 Å². The van der Waals surface area contributed by atoms with E-state index in [0.29, 0.717) is 36.8 Å². The molecule has 0 aromatic carbocycles. The van der Waals surface area contributed by atoms with Crippen LogP contribution in [0.25, 0.3) is 0 Å². The predicted molar refractivity (Wildman–Crippen MR) is 116 cm³/mol. The van der Waals surface area contributed by atoms with Gasteiger partial charge in [0.1, 0.15) is 5.82 Å². The van der Waals surface area contributed by atoms with Crippen molar-refractivity contribution < 1.29 is 9.59 Å². The van der Waals surface area contributed by atoms with E-state index in [9.17, 15) is 14.4 Å². The zero-order valence-electron chi connectivity index (χ0n) is 18.6. The van der Waals surface area contributed by atoms with E-state index < -0.39 is 0 Å². The number of carbonyl (C=O) groups is 2. The molecule has 31 heavy (non-hydrogen) atoms. The summed E-state index contributed by atoms with van der Waals surface area (Å²) >= 11 is 0. The Labute approximate surface area is 183 Å². The highest BCUT2D eigenvalue weighted by Crippen LogP contribution is 2.42. The quantitative estimate of drug-likeness (QED) is 0.805. The lowest BCUT2D eigenvalue weighted by molar-refractivity contribution is -0.138. The van der Waals surface area contributed by atoms with Crippen LogP contribution < -0.4 is 5.56 Å². The summed E-state index contributed by atoms with van der Waals surface area (Å²) in [6.45, 7) is 3.86. The molecular formula is C24H34N4O3. The first-order valence-corrected chi connectivity index (χ1v) is 12.2. The third kappa shape index (κ3) is 4.03. The molecule has 3 atom stereocenters. The first-order chi connectivity index (χ1) is 15.0. The van der Waals surface area contributed by atoms with Gasteiger partial charge in [0.25, 0.3) is 5.56 Å². The second-order valence-corrected chi connectivity index (χ2v) is 10.1. The number of aromatic nitrogens is 2. The first-order valence-electron chi connectivity index (χ1n) is 12.2. The number of hydrogen-bond donors (Lipinski definition) is 1. The van der Waals surface area contributed by atoms with Gasteiger partial charge in [-0.05, 0) is 44.4 Å². The number of rotatable bonds is 3. The van der Waals surface area contributed by atoms with Gasteiger partial charge in [-0.3, -0.25) is 14.4 Å². The van der Waals surface area contributed by atoms with Gasteiger partial charge in [-0.2, -0.15) is 0 Å². The van der Waals surface area contributed by atoms with Crippen LogP contribution in [0.2, 0.25) is 0 Å². The molecular weight excluding hydrogens is 392 g/mol. The van der Waals surface area contributed by atoms with E-state index in [0.717, 1.165) is 63.6 Å².